The van der Waals surface area contributed by atoms with Crippen LogP contribution in [0.2, 0.25) is 0 Å². The Morgan fingerprint density at radius 3 is 2.31 bits per heavy atom. The van der Waals surface area contributed by atoms with Crippen LogP contribution in [-0.2, 0) is 4.74 Å². The lowest BCUT2D eigenvalue weighted by atomic mass is 10.3. The molecule has 2 unspecified atom stereocenters. The average molecular weight is 235 g/mol. The van der Waals surface area contributed by atoms with Crippen LogP contribution < -0.4 is 10.5 Å². The van der Waals surface area contributed by atoms with Crippen molar-refractivity contribution in [3.8, 4) is 5.75 Å². The molecule has 0 heterocycles. The SMILES string of the molecule is NC(COC(F)C(F)F)Oc1ccccc1. The van der Waals surface area contributed by atoms with Gasteiger partial charge in [0, 0.05) is 0 Å². The molecule has 0 fully saturated rings. The molecule has 0 aliphatic heterocycles. The Hall–Kier alpha value is -1.27. The van der Waals surface area contributed by atoms with E-state index in [-0.39, 0.29) is 0 Å². The minimum atomic E-state index is -3.18. The van der Waals surface area contributed by atoms with Gasteiger partial charge in [0.15, 0.2) is 6.23 Å². The topological polar surface area (TPSA) is 44.5 Å². The molecule has 3 nitrogen and oxygen atoms in total. The quantitative estimate of drug-likeness (QED) is 0.766. The maximum Gasteiger partial charge on any atom is 0.293 e. The maximum atomic E-state index is 12.3. The molecule has 0 aromatic heterocycles. The molecular weight excluding hydrogens is 223 g/mol. The van der Waals surface area contributed by atoms with Gasteiger partial charge < -0.3 is 9.47 Å². The van der Waals surface area contributed by atoms with E-state index in [2.05, 4.69) is 4.74 Å². The van der Waals surface area contributed by atoms with Crippen LogP contribution >= 0.6 is 0 Å². The molecule has 0 saturated carbocycles. The van der Waals surface area contributed by atoms with Gasteiger partial charge in [0.05, 0.1) is 0 Å². The fourth-order valence-electron chi connectivity index (χ4n) is 0.967. The monoisotopic (exact) mass is 235 g/mol. The minimum Gasteiger partial charge on any atom is -0.473 e. The largest absolute Gasteiger partial charge is 0.473 e. The number of hydrogen-bond acceptors (Lipinski definition) is 3. The van der Waals surface area contributed by atoms with Crippen LogP contribution in [0.3, 0.4) is 0 Å². The molecule has 0 aliphatic rings. The highest BCUT2D eigenvalue weighted by molar-refractivity contribution is 5.21. The van der Waals surface area contributed by atoms with Crippen molar-refractivity contribution in [2.24, 2.45) is 5.73 Å². The first-order valence-corrected chi connectivity index (χ1v) is 4.60. The van der Waals surface area contributed by atoms with E-state index >= 15 is 0 Å². The standard InChI is InChI=1S/C10H12F3NO2/c11-9(12)10(13)15-6-8(14)16-7-4-2-1-3-5-7/h1-5,8-10H,6,14H2. The summed E-state index contributed by atoms with van der Waals surface area (Å²) >= 11 is 0. The van der Waals surface area contributed by atoms with Crippen molar-refractivity contribution in [3.63, 3.8) is 0 Å². The number of nitrogens with two attached hydrogens (primary N) is 1. The lowest BCUT2D eigenvalue weighted by molar-refractivity contribution is -0.141. The molecule has 1 aromatic rings. The first-order chi connectivity index (χ1) is 7.59. The number of para-hydroxylation sites is 1. The first kappa shape index (κ1) is 12.8. The molecule has 90 valence electrons. The highest BCUT2D eigenvalue weighted by Gasteiger charge is 2.20. The summed E-state index contributed by atoms with van der Waals surface area (Å²) in [6.07, 6.45) is -6.80. The predicted molar refractivity (Wildman–Crippen MR) is 51.9 cm³/mol. The van der Waals surface area contributed by atoms with Gasteiger partial charge in [0.25, 0.3) is 12.8 Å². The summed E-state index contributed by atoms with van der Waals surface area (Å²) in [7, 11) is 0. The molecular formula is C10H12F3NO2. The number of halogens is 3. The molecule has 1 aromatic carbocycles. The summed E-state index contributed by atoms with van der Waals surface area (Å²) in [4.78, 5) is 0. The Kier molecular flexibility index (Phi) is 5.07. The van der Waals surface area contributed by atoms with Gasteiger partial charge >= 0.3 is 0 Å². The second kappa shape index (κ2) is 6.34. The lowest BCUT2D eigenvalue weighted by Gasteiger charge is -2.16. The van der Waals surface area contributed by atoms with Crippen LogP contribution in [0.1, 0.15) is 0 Å². The number of hydrogen-bond donors (Lipinski definition) is 1. The summed E-state index contributed by atoms with van der Waals surface area (Å²) in [6.45, 7) is -0.444. The maximum absolute atomic E-state index is 12.3. The fraction of sp³-hybridized carbons (Fsp3) is 0.400. The molecule has 2 N–H and O–H groups in total. The Bertz CT molecular complexity index is 297. The third-order valence-electron chi connectivity index (χ3n) is 1.65. The molecule has 2 atom stereocenters. The van der Waals surface area contributed by atoms with Crippen LogP contribution in [0.5, 0.6) is 5.75 Å². The third kappa shape index (κ3) is 4.50. The van der Waals surface area contributed by atoms with Crippen molar-refractivity contribution in [1.82, 2.24) is 0 Å². The molecule has 0 saturated heterocycles. The number of benzene rings is 1. The second-order valence-electron chi connectivity index (χ2n) is 2.99. The summed E-state index contributed by atoms with van der Waals surface area (Å²) in [5, 5.41) is 0. The Morgan fingerprint density at radius 1 is 1.12 bits per heavy atom. The smallest absolute Gasteiger partial charge is 0.293 e. The molecule has 6 heteroatoms. The van der Waals surface area contributed by atoms with Gasteiger partial charge in [-0.1, -0.05) is 18.2 Å². The molecule has 1 rings (SSSR count). The van der Waals surface area contributed by atoms with Gasteiger partial charge in [-0.25, -0.2) is 13.2 Å². The van der Waals surface area contributed by atoms with Crippen LogP contribution in [0, 0.1) is 0 Å². The van der Waals surface area contributed by atoms with Gasteiger partial charge in [-0.05, 0) is 12.1 Å². The average Bonchev–Trinajstić information content (AvgIpc) is 2.27. The minimum absolute atomic E-state index is 0.444. The fourth-order valence-corrected chi connectivity index (χ4v) is 0.967. The Labute approximate surface area is 91.0 Å². The van der Waals surface area contributed by atoms with Crippen molar-refractivity contribution in [1.29, 1.82) is 0 Å². The zero-order valence-electron chi connectivity index (χ0n) is 8.35. The van der Waals surface area contributed by atoms with Gasteiger partial charge in [-0.2, -0.15) is 0 Å². The number of alkyl halides is 3. The van der Waals surface area contributed by atoms with Crippen molar-refractivity contribution in [2.75, 3.05) is 6.61 Å². The van der Waals surface area contributed by atoms with Gasteiger partial charge in [0.1, 0.15) is 12.4 Å². The Balaban J connectivity index is 2.29. The van der Waals surface area contributed by atoms with Crippen LogP contribution in [0.25, 0.3) is 0 Å². The van der Waals surface area contributed by atoms with Gasteiger partial charge in [-0.15, -0.1) is 0 Å². The molecule has 0 aliphatic carbocycles. The molecule has 0 bridgehead atoms. The summed E-state index contributed by atoms with van der Waals surface area (Å²) < 4.78 is 45.0. The van der Waals surface area contributed by atoms with Gasteiger partial charge in [-0.3, -0.25) is 5.73 Å². The molecule has 0 spiro atoms. The summed E-state index contributed by atoms with van der Waals surface area (Å²) in [5.41, 5.74) is 5.40. The van der Waals surface area contributed by atoms with Crippen LogP contribution in [-0.4, -0.2) is 25.6 Å². The highest BCUT2D eigenvalue weighted by Crippen LogP contribution is 2.11. The van der Waals surface area contributed by atoms with E-state index in [0.717, 1.165) is 0 Å². The van der Waals surface area contributed by atoms with Crippen molar-refractivity contribution in [3.05, 3.63) is 30.3 Å². The van der Waals surface area contributed by atoms with E-state index in [1.807, 2.05) is 0 Å². The normalized spacial score (nSPS) is 14.8. The third-order valence-corrected chi connectivity index (χ3v) is 1.65. The number of ether oxygens (including phenoxy) is 2. The molecule has 0 amide bonds. The zero-order chi connectivity index (χ0) is 12.0. The van der Waals surface area contributed by atoms with Crippen molar-refractivity contribution < 1.29 is 22.6 Å². The second-order valence-corrected chi connectivity index (χ2v) is 2.99. The number of rotatable bonds is 6. The molecule has 0 radical (unpaired) electrons. The van der Waals surface area contributed by atoms with E-state index in [0.29, 0.717) is 5.75 Å². The van der Waals surface area contributed by atoms with E-state index in [4.69, 9.17) is 10.5 Å². The van der Waals surface area contributed by atoms with Gasteiger partial charge in [0.2, 0.25) is 0 Å². The summed E-state index contributed by atoms with van der Waals surface area (Å²) in [5.74, 6) is 0.464. The Morgan fingerprint density at radius 2 is 1.75 bits per heavy atom. The van der Waals surface area contributed by atoms with E-state index in [9.17, 15) is 13.2 Å². The summed E-state index contributed by atoms with van der Waals surface area (Å²) in [6, 6.07) is 8.50. The first-order valence-electron chi connectivity index (χ1n) is 4.60. The van der Waals surface area contributed by atoms with Crippen molar-refractivity contribution in [2.45, 2.75) is 19.0 Å². The van der Waals surface area contributed by atoms with E-state index in [1.165, 1.54) is 0 Å². The van der Waals surface area contributed by atoms with E-state index in [1.54, 1.807) is 30.3 Å². The van der Waals surface area contributed by atoms with E-state index < -0.39 is 25.6 Å². The van der Waals surface area contributed by atoms with Crippen LogP contribution in [0.4, 0.5) is 13.2 Å². The van der Waals surface area contributed by atoms with Crippen molar-refractivity contribution >= 4 is 0 Å². The lowest BCUT2D eigenvalue weighted by Crippen LogP contribution is -2.34. The molecule has 16 heavy (non-hydrogen) atoms. The predicted octanol–water partition coefficient (Wildman–Crippen LogP) is 1.93. The zero-order valence-corrected chi connectivity index (χ0v) is 8.35. The van der Waals surface area contributed by atoms with Crippen LogP contribution in [0.15, 0.2) is 30.3 Å². The highest BCUT2D eigenvalue weighted by atomic mass is 19.3.